The van der Waals surface area contributed by atoms with Crippen LogP contribution < -0.4 is 4.74 Å². The van der Waals surface area contributed by atoms with Crippen LogP contribution in [0.2, 0.25) is 0 Å². The molecule has 0 aromatic heterocycles. The van der Waals surface area contributed by atoms with E-state index < -0.39 is 0 Å². The van der Waals surface area contributed by atoms with Gasteiger partial charge in [-0.15, -0.1) is 0 Å². The molecule has 3 nitrogen and oxygen atoms in total. The van der Waals surface area contributed by atoms with Crippen LogP contribution in [0.4, 0.5) is 0 Å². The van der Waals surface area contributed by atoms with Crippen molar-refractivity contribution in [3.63, 3.8) is 0 Å². The Morgan fingerprint density at radius 2 is 1.86 bits per heavy atom. The molecule has 0 unspecified atom stereocenters. The highest BCUT2D eigenvalue weighted by molar-refractivity contribution is 5.90. The van der Waals surface area contributed by atoms with E-state index in [0.29, 0.717) is 5.56 Å². The number of esters is 1. The van der Waals surface area contributed by atoms with E-state index in [4.69, 9.17) is 9.47 Å². The molecule has 108 valence electrons. The third-order valence-electron chi connectivity index (χ3n) is 3.24. The lowest BCUT2D eigenvalue weighted by molar-refractivity contribution is 0.0600. The fourth-order valence-electron chi connectivity index (χ4n) is 2.04. The Bertz CT molecular complexity index is 672. The zero-order valence-corrected chi connectivity index (χ0v) is 12.4. The zero-order valence-electron chi connectivity index (χ0n) is 12.4. The van der Waals surface area contributed by atoms with Crippen molar-refractivity contribution in [1.29, 1.82) is 0 Å². The van der Waals surface area contributed by atoms with Gasteiger partial charge in [-0.2, -0.15) is 0 Å². The van der Waals surface area contributed by atoms with Crippen LogP contribution in [0.5, 0.6) is 5.75 Å². The van der Waals surface area contributed by atoms with Gasteiger partial charge in [-0.3, -0.25) is 0 Å². The number of hydrogen-bond donors (Lipinski definition) is 0. The molecule has 0 saturated carbocycles. The number of rotatable bonds is 4. The predicted molar refractivity (Wildman–Crippen MR) is 84.4 cm³/mol. The molecule has 0 aliphatic heterocycles. The Balaban J connectivity index is 2.23. The lowest BCUT2D eigenvalue weighted by atomic mass is 10.1. The summed E-state index contributed by atoms with van der Waals surface area (Å²) in [6.45, 7) is 2.03. The molecule has 3 heteroatoms. The number of aryl methyl sites for hydroxylation is 1. The topological polar surface area (TPSA) is 35.5 Å². The minimum atomic E-state index is -0.328. The summed E-state index contributed by atoms with van der Waals surface area (Å²) in [5.74, 6) is 0.517. The highest BCUT2D eigenvalue weighted by Gasteiger charge is 2.04. The first-order valence-electron chi connectivity index (χ1n) is 6.65. The molecule has 0 saturated heterocycles. The molecule has 0 heterocycles. The van der Waals surface area contributed by atoms with Crippen molar-refractivity contribution >= 4 is 18.1 Å². The molecular formula is C18H18O3. The SMILES string of the molecule is COC(=O)c1cccc(/C=C/c2ccc(OC)cc2C)c1. The van der Waals surface area contributed by atoms with Gasteiger partial charge in [0.2, 0.25) is 0 Å². The maximum Gasteiger partial charge on any atom is 0.337 e. The van der Waals surface area contributed by atoms with Crippen molar-refractivity contribution in [2.75, 3.05) is 14.2 Å². The smallest absolute Gasteiger partial charge is 0.337 e. The Morgan fingerprint density at radius 1 is 1.05 bits per heavy atom. The second-order valence-electron chi connectivity index (χ2n) is 4.67. The van der Waals surface area contributed by atoms with Gasteiger partial charge in [0.25, 0.3) is 0 Å². The van der Waals surface area contributed by atoms with Crippen molar-refractivity contribution < 1.29 is 14.3 Å². The number of methoxy groups -OCH3 is 2. The number of ether oxygens (including phenoxy) is 2. The standard InChI is InChI=1S/C18H18O3/c1-13-11-17(20-2)10-9-15(13)8-7-14-5-4-6-16(12-14)18(19)21-3/h4-12H,1-3H3/b8-7+. The first kappa shape index (κ1) is 14.9. The van der Waals surface area contributed by atoms with Crippen molar-refractivity contribution in [2.24, 2.45) is 0 Å². The van der Waals surface area contributed by atoms with Gasteiger partial charge in [-0.25, -0.2) is 4.79 Å². The molecule has 21 heavy (non-hydrogen) atoms. The lowest BCUT2D eigenvalue weighted by Crippen LogP contribution is -2.00. The van der Waals surface area contributed by atoms with Gasteiger partial charge < -0.3 is 9.47 Å². The molecule has 2 rings (SSSR count). The van der Waals surface area contributed by atoms with Gasteiger partial charge in [0, 0.05) is 0 Å². The Kier molecular flexibility index (Phi) is 4.77. The average Bonchev–Trinajstić information content (AvgIpc) is 2.53. The number of benzene rings is 2. The zero-order chi connectivity index (χ0) is 15.2. The van der Waals surface area contributed by atoms with E-state index in [1.54, 1.807) is 19.2 Å². The molecule has 0 radical (unpaired) electrons. The summed E-state index contributed by atoms with van der Waals surface area (Å²) in [7, 11) is 3.04. The number of carbonyl (C=O) groups excluding carboxylic acids is 1. The molecule has 0 bridgehead atoms. The van der Waals surface area contributed by atoms with Gasteiger partial charge in [0.15, 0.2) is 0 Å². The van der Waals surface area contributed by atoms with Gasteiger partial charge in [0.05, 0.1) is 19.8 Å². The Labute approximate surface area is 124 Å². The van der Waals surface area contributed by atoms with E-state index in [1.165, 1.54) is 7.11 Å². The summed E-state index contributed by atoms with van der Waals surface area (Å²) in [4.78, 5) is 11.5. The fraction of sp³-hybridized carbons (Fsp3) is 0.167. The molecule has 2 aromatic carbocycles. The van der Waals surface area contributed by atoms with Gasteiger partial charge in [-0.1, -0.05) is 30.4 Å². The van der Waals surface area contributed by atoms with Gasteiger partial charge in [-0.05, 0) is 47.9 Å². The normalized spacial score (nSPS) is 10.6. The Hall–Kier alpha value is -2.55. The molecule has 2 aromatic rings. The highest BCUT2D eigenvalue weighted by atomic mass is 16.5. The van der Waals surface area contributed by atoms with Crippen LogP contribution in [0.3, 0.4) is 0 Å². The van der Waals surface area contributed by atoms with Crippen LogP contribution in [0.1, 0.15) is 27.0 Å². The molecular weight excluding hydrogens is 264 g/mol. The minimum absolute atomic E-state index is 0.328. The Morgan fingerprint density at radius 3 is 2.52 bits per heavy atom. The van der Waals surface area contributed by atoms with Gasteiger partial charge in [0.1, 0.15) is 5.75 Å². The van der Waals surface area contributed by atoms with E-state index in [9.17, 15) is 4.79 Å². The summed E-state index contributed by atoms with van der Waals surface area (Å²) in [6.07, 6.45) is 3.99. The number of carbonyl (C=O) groups is 1. The van der Waals surface area contributed by atoms with Crippen molar-refractivity contribution in [3.05, 3.63) is 64.7 Å². The van der Waals surface area contributed by atoms with Crippen LogP contribution in [0.25, 0.3) is 12.2 Å². The largest absolute Gasteiger partial charge is 0.497 e. The highest BCUT2D eigenvalue weighted by Crippen LogP contribution is 2.19. The van der Waals surface area contributed by atoms with Crippen molar-refractivity contribution in [1.82, 2.24) is 0 Å². The van der Waals surface area contributed by atoms with Crippen LogP contribution in [-0.2, 0) is 4.74 Å². The van der Waals surface area contributed by atoms with Crippen LogP contribution >= 0.6 is 0 Å². The molecule has 0 aliphatic carbocycles. The average molecular weight is 282 g/mol. The van der Waals surface area contributed by atoms with Crippen LogP contribution in [0.15, 0.2) is 42.5 Å². The van der Waals surface area contributed by atoms with Crippen LogP contribution in [0, 0.1) is 6.92 Å². The van der Waals surface area contributed by atoms with E-state index >= 15 is 0 Å². The third-order valence-corrected chi connectivity index (χ3v) is 3.24. The predicted octanol–water partition coefficient (Wildman–Crippen LogP) is 3.96. The maximum absolute atomic E-state index is 11.5. The first-order chi connectivity index (χ1) is 10.1. The van der Waals surface area contributed by atoms with E-state index in [1.807, 2.05) is 49.4 Å². The number of hydrogen-bond acceptors (Lipinski definition) is 3. The third kappa shape index (κ3) is 3.72. The second kappa shape index (κ2) is 6.75. The van der Waals surface area contributed by atoms with Crippen LogP contribution in [-0.4, -0.2) is 20.2 Å². The van der Waals surface area contributed by atoms with Crippen molar-refractivity contribution in [2.45, 2.75) is 6.92 Å². The summed E-state index contributed by atoms with van der Waals surface area (Å²) in [6, 6.07) is 13.3. The molecule has 0 aliphatic rings. The van der Waals surface area contributed by atoms with Crippen molar-refractivity contribution in [3.8, 4) is 5.75 Å². The van der Waals surface area contributed by atoms with E-state index in [-0.39, 0.29) is 5.97 Å². The molecule has 0 fully saturated rings. The monoisotopic (exact) mass is 282 g/mol. The second-order valence-corrected chi connectivity index (χ2v) is 4.67. The molecule has 0 spiro atoms. The fourth-order valence-corrected chi connectivity index (χ4v) is 2.04. The summed E-state index contributed by atoms with van der Waals surface area (Å²) in [5.41, 5.74) is 3.74. The van der Waals surface area contributed by atoms with E-state index in [2.05, 4.69) is 0 Å². The van der Waals surface area contributed by atoms with Gasteiger partial charge >= 0.3 is 5.97 Å². The van der Waals surface area contributed by atoms with E-state index in [0.717, 1.165) is 22.4 Å². The molecule has 0 N–H and O–H groups in total. The molecule has 0 amide bonds. The summed E-state index contributed by atoms with van der Waals surface area (Å²) >= 11 is 0. The summed E-state index contributed by atoms with van der Waals surface area (Å²) < 4.78 is 9.91. The lowest BCUT2D eigenvalue weighted by Gasteiger charge is -2.04. The summed E-state index contributed by atoms with van der Waals surface area (Å²) in [5, 5.41) is 0. The maximum atomic E-state index is 11.5. The first-order valence-corrected chi connectivity index (χ1v) is 6.65. The molecule has 0 atom stereocenters. The minimum Gasteiger partial charge on any atom is -0.497 e. The quantitative estimate of drug-likeness (QED) is 0.629.